The third-order valence-electron chi connectivity index (χ3n) is 0.795. The molecular formula is C5H5N3O. The Balaban J connectivity index is 4.18. The first-order valence-corrected chi connectivity index (χ1v) is 2.22. The van der Waals surface area contributed by atoms with Gasteiger partial charge in [-0.2, -0.15) is 10.5 Å². The number of nitrogens with one attached hydrogen (secondary N) is 1. The molecule has 0 saturated carbocycles. The zero-order valence-electron chi connectivity index (χ0n) is 4.88. The standard InChI is InChI=1S/C5H5N3O/c1-5(2-6,3-7)8-4-9/h4H,1H3,(H,8,9). The van der Waals surface area contributed by atoms with Gasteiger partial charge >= 0.3 is 0 Å². The molecule has 0 aromatic carbocycles. The third kappa shape index (κ3) is 1.79. The van der Waals surface area contributed by atoms with Gasteiger partial charge in [0.15, 0.2) is 0 Å². The van der Waals surface area contributed by atoms with Gasteiger partial charge in [0.2, 0.25) is 11.9 Å². The quantitative estimate of drug-likeness (QED) is 0.504. The fourth-order valence-corrected chi connectivity index (χ4v) is 0.207. The van der Waals surface area contributed by atoms with Crippen LogP contribution >= 0.6 is 0 Å². The molecule has 4 nitrogen and oxygen atoms in total. The maximum absolute atomic E-state index is 9.72. The van der Waals surface area contributed by atoms with Crippen LogP contribution in [-0.4, -0.2) is 11.9 Å². The van der Waals surface area contributed by atoms with Crippen LogP contribution in [0.25, 0.3) is 0 Å². The number of nitriles is 2. The van der Waals surface area contributed by atoms with Gasteiger partial charge < -0.3 is 5.32 Å². The van der Waals surface area contributed by atoms with Crippen molar-refractivity contribution in [3.63, 3.8) is 0 Å². The molecule has 46 valence electrons. The maximum Gasteiger partial charge on any atom is 0.211 e. The van der Waals surface area contributed by atoms with Crippen LogP contribution in [0.15, 0.2) is 0 Å². The second kappa shape index (κ2) is 2.68. The molecule has 0 aliphatic heterocycles. The Bertz CT molecular complexity index is 171. The first-order chi connectivity index (χ1) is 4.18. The fourth-order valence-electron chi connectivity index (χ4n) is 0.207. The highest BCUT2D eigenvalue weighted by Crippen LogP contribution is 1.95. The van der Waals surface area contributed by atoms with Crippen LogP contribution in [0, 0.1) is 22.7 Å². The van der Waals surface area contributed by atoms with Crippen LogP contribution in [0.5, 0.6) is 0 Å². The highest BCUT2D eigenvalue weighted by Gasteiger charge is 2.20. The largest absolute Gasteiger partial charge is 0.329 e. The van der Waals surface area contributed by atoms with Gasteiger partial charge in [-0.15, -0.1) is 0 Å². The average Bonchev–Trinajstić information content (AvgIpc) is 1.89. The van der Waals surface area contributed by atoms with Crippen molar-refractivity contribution in [2.45, 2.75) is 12.5 Å². The molecule has 0 radical (unpaired) electrons. The fraction of sp³-hybridized carbons (Fsp3) is 0.400. The van der Waals surface area contributed by atoms with Crippen molar-refractivity contribution >= 4 is 6.41 Å². The van der Waals surface area contributed by atoms with Gasteiger partial charge in [0.25, 0.3) is 0 Å². The van der Waals surface area contributed by atoms with Crippen LogP contribution in [-0.2, 0) is 4.79 Å². The molecule has 0 aromatic rings. The molecule has 9 heavy (non-hydrogen) atoms. The molecular weight excluding hydrogens is 118 g/mol. The Morgan fingerprint density at radius 2 is 2.00 bits per heavy atom. The van der Waals surface area contributed by atoms with Gasteiger partial charge in [-0.1, -0.05) is 0 Å². The Morgan fingerprint density at radius 1 is 1.56 bits per heavy atom. The first-order valence-electron chi connectivity index (χ1n) is 2.22. The number of hydrogen-bond donors (Lipinski definition) is 1. The van der Waals surface area contributed by atoms with Crippen molar-refractivity contribution in [1.29, 1.82) is 10.5 Å². The van der Waals surface area contributed by atoms with Crippen molar-refractivity contribution < 1.29 is 4.79 Å². The van der Waals surface area contributed by atoms with Crippen molar-refractivity contribution in [2.24, 2.45) is 0 Å². The molecule has 1 amide bonds. The van der Waals surface area contributed by atoms with Crippen molar-refractivity contribution in [3.8, 4) is 12.1 Å². The zero-order valence-corrected chi connectivity index (χ0v) is 4.88. The summed E-state index contributed by atoms with van der Waals surface area (Å²) in [6.07, 6.45) is 0.326. The van der Waals surface area contributed by atoms with E-state index in [-0.39, 0.29) is 0 Å². The number of carbonyl (C=O) groups excluding carboxylic acids is 1. The van der Waals surface area contributed by atoms with E-state index in [2.05, 4.69) is 5.32 Å². The molecule has 0 rings (SSSR count). The van der Waals surface area contributed by atoms with E-state index >= 15 is 0 Å². The Morgan fingerprint density at radius 3 is 2.11 bits per heavy atom. The molecule has 0 bridgehead atoms. The first kappa shape index (κ1) is 7.45. The minimum absolute atomic E-state index is 0.326. The van der Waals surface area contributed by atoms with Gasteiger partial charge in [0.05, 0.1) is 0 Å². The van der Waals surface area contributed by atoms with E-state index in [4.69, 9.17) is 10.5 Å². The van der Waals surface area contributed by atoms with Gasteiger partial charge in [0, 0.05) is 0 Å². The average molecular weight is 123 g/mol. The number of carbonyl (C=O) groups is 1. The smallest absolute Gasteiger partial charge is 0.211 e. The lowest BCUT2D eigenvalue weighted by Gasteiger charge is -2.07. The molecule has 0 unspecified atom stereocenters. The van der Waals surface area contributed by atoms with Gasteiger partial charge in [-0.05, 0) is 6.92 Å². The van der Waals surface area contributed by atoms with Gasteiger partial charge in [-0.25, -0.2) is 0 Å². The zero-order chi connectivity index (χ0) is 7.33. The molecule has 0 fully saturated rings. The molecule has 0 atom stereocenters. The van der Waals surface area contributed by atoms with Crippen molar-refractivity contribution in [2.75, 3.05) is 0 Å². The summed E-state index contributed by atoms with van der Waals surface area (Å²) in [5, 5.41) is 18.5. The molecule has 1 N–H and O–H groups in total. The van der Waals surface area contributed by atoms with E-state index in [0.717, 1.165) is 0 Å². The summed E-state index contributed by atoms with van der Waals surface area (Å²) in [5.74, 6) is 0. The maximum atomic E-state index is 9.72. The summed E-state index contributed by atoms with van der Waals surface area (Å²) >= 11 is 0. The highest BCUT2D eigenvalue weighted by molar-refractivity contribution is 5.51. The number of nitrogens with zero attached hydrogens (tertiary/aromatic N) is 2. The van der Waals surface area contributed by atoms with Crippen LogP contribution in [0.2, 0.25) is 0 Å². The molecule has 0 heterocycles. The third-order valence-corrected chi connectivity index (χ3v) is 0.795. The predicted octanol–water partition coefficient (Wildman–Crippen LogP) is -0.462. The van der Waals surface area contributed by atoms with Crippen LogP contribution in [0.4, 0.5) is 0 Å². The lowest BCUT2D eigenvalue weighted by Crippen LogP contribution is -2.38. The molecule has 4 heteroatoms. The summed E-state index contributed by atoms with van der Waals surface area (Å²) in [4.78, 5) is 9.72. The van der Waals surface area contributed by atoms with Gasteiger partial charge in [0.1, 0.15) is 12.1 Å². The summed E-state index contributed by atoms with van der Waals surface area (Å²) < 4.78 is 0. The summed E-state index contributed by atoms with van der Waals surface area (Å²) in [6, 6.07) is 3.25. The van der Waals surface area contributed by atoms with E-state index in [1.165, 1.54) is 6.92 Å². The second-order valence-corrected chi connectivity index (χ2v) is 1.61. The summed E-state index contributed by atoms with van der Waals surface area (Å²) in [5.41, 5.74) is -1.37. The lowest BCUT2D eigenvalue weighted by atomic mass is 10.1. The normalized spacial score (nSPS) is 8.78. The SMILES string of the molecule is CC(C#N)(C#N)NC=O. The number of hydrogen-bond acceptors (Lipinski definition) is 3. The minimum atomic E-state index is -1.37. The Kier molecular flexibility index (Phi) is 2.22. The molecule has 0 spiro atoms. The van der Waals surface area contributed by atoms with E-state index in [1.54, 1.807) is 12.1 Å². The second-order valence-electron chi connectivity index (χ2n) is 1.61. The number of amides is 1. The summed E-state index contributed by atoms with van der Waals surface area (Å²) in [6.45, 7) is 1.32. The van der Waals surface area contributed by atoms with Crippen LogP contribution in [0.3, 0.4) is 0 Å². The Labute approximate surface area is 52.7 Å². The van der Waals surface area contributed by atoms with Crippen LogP contribution < -0.4 is 5.32 Å². The topological polar surface area (TPSA) is 76.7 Å². The predicted molar refractivity (Wildman–Crippen MR) is 28.8 cm³/mol. The minimum Gasteiger partial charge on any atom is -0.329 e. The van der Waals surface area contributed by atoms with Gasteiger partial charge in [-0.3, -0.25) is 4.79 Å². The molecule has 0 saturated heterocycles. The monoisotopic (exact) mass is 123 g/mol. The van der Waals surface area contributed by atoms with Crippen LogP contribution in [0.1, 0.15) is 6.92 Å². The molecule has 0 aliphatic carbocycles. The van der Waals surface area contributed by atoms with Crippen molar-refractivity contribution in [1.82, 2.24) is 5.32 Å². The molecule has 0 aromatic heterocycles. The highest BCUT2D eigenvalue weighted by atomic mass is 16.1. The van der Waals surface area contributed by atoms with E-state index in [1.807, 2.05) is 0 Å². The Hall–Kier alpha value is -1.55. The molecule has 0 aliphatic rings. The van der Waals surface area contributed by atoms with Crippen molar-refractivity contribution in [3.05, 3.63) is 0 Å². The summed E-state index contributed by atoms with van der Waals surface area (Å²) in [7, 11) is 0. The van der Waals surface area contributed by atoms with E-state index in [0.29, 0.717) is 6.41 Å². The van der Waals surface area contributed by atoms with E-state index in [9.17, 15) is 4.79 Å². The number of rotatable bonds is 2. The van der Waals surface area contributed by atoms with E-state index < -0.39 is 5.54 Å². The lowest BCUT2D eigenvalue weighted by molar-refractivity contribution is -0.110.